The molecule has 1 unspecified atom stereocenters. The Morgan fingerprint density at radius 1 is 1.06 bits per heavy atom. The predicted molar refractivity (Wildman–Crippen MR) is 122 cm³/mol. The van der Waals surface area contributed by atoms with Crippen molar-refractivity contribution < 1.29 is 14.3 Å². The molecule has 164 valence electrons. The number of carbonyl (C=O) groups excluding carboxylic acids is 1. The summed E-state index contributed by atoms with van der Waals surface area (Å²) >= 11 is 1.57. The third kappa shape index (κ3) is 6.01. The van der Waals surface area contributed by atoms with E-state index in [9.17, 15) is 4.79 Å². The van der Waals surface area contributed by atoms with E-state index in [2.05, 4.69) is 15.5 Å². The van der Waals surface area contributed by atoms with Crippen LogP contribution in [-0.4, -0.2) is 40.1 Å². The van der Waals surface area contributed by atoms with E-state index in [4.69, 9.17) is 9.47 Å². The first kappa shape index (κ1) is 22.7. The van der Waals surface area contributed by atoms with Gasteiger partial charge >= 0.3 is 0 Å². The van der Waals surface area contributed by atoms with E-state index in [1.165, 1.54) is 0 Å². The first-order valence-electron chi connectivity index (χ1n) is 10.1. The maximum Gasteiger partial charge on any atom is 0.251 e. The fraction of sp³-hybridized carbons (Fsp3) is 0.348. The van der Waals surface area contributed by atoms with Crippen LogP contribution >= 0.6 is 11.8 Å². The molecule has 1 amide bonds. The minimum absolute atomic E-state index is 0.143. The van der Waals surface area contributed by atoms with Crippen LogP contribution in [0.5, 0.6) is 11.5 Å². The van der Waals surface area contributed by atoms with E-state index in [-0.39, 0.29) is 17.9 Å². The van der Waals surface area contributed by atoms with Crippen molar-refractivity contribution in [1.29, 1.82) is 0 Å². The Morgan fingerprint density at radius 3 is 2.42 bits per heavy atom. The predicted octanol–water partition coefficient (Wildman–Crippen LogP) is 4.12. The first-order chi connectivity index (χ1) is 15.0. The number of thioether (sulfide) groups is 1. The van der Waals surface area contributed by atoms with Crippen LogP contribution in [0.25, 0.3) is 0 Å². The number of methoxy groups -OCH3 is 1. The first-order valence-corrected chi connectivity index (χ1v) is 11.1. The molecule has 1 heterocycles. The molecule has 2 aromatic carbocycles. The number of nitrogens with one attached hydrogen (secondary N) is 1. The number of nitrogens with zero attached hydrogens (tertiary/aromatic N) is 3. The molecule has 0 aliphatic rings. The van der Waals surface area contributed by atoms with Crippen LogP contribution in [0, 0.1) is 5.92 Å². The van der Waals surface area contributed by atoms with E-state index in [1.807, 2.05) is 55.8 Å². The van der Waals surface area contributed by atoms with Crippen molar-refractivity contribution in [1.82, 2.24) is 20.1 Å². The fourth-order valence-corrected chi connectivity index (χ4v) is 3.76. The molecule has 31 heavy (non-hydrogen) atoms. The average Bonchev–Trinajstić information content (AvgIpc) is 3.15. The monoisotopic (exact) mass is 440 g/mol. The number of para-hydroxylation sites is 1. The van der Waals surface area contributed by atoms with Gasteiger partial charge in [-0.25, -0.2) is 0 Å². The number of aromatic nitrogens is 3. The molecular formula is C23H28N4O3S. The third-order valence-corrected chi connectivity index (χ3v) is 5.76. The van der Waals surface area contributed by atoms with Gasteiger partial charge in [-0.15, -0.1) is 10.2 Å². The number of benzene rings is 2. The number of hydrogen-bond donors (Lipinski definition) is 1. The minimum Gasteiger partial charge on any atom is -0.497 e. The van der Waals surface area contributed by atoms with Crippen molar-refractivity contribution in [3.63, 3.8) is 0 Å². The van der Waals surface area contributed by atoms with E-state index in [0.29, 0.717) is 17.9 Å². The van der Waals surface area contributed by atoms with Gasteiger partial charge in [0.25, 0.3) is 5.91 Å². The zero-order chi connectivity index (χ0) is 22.2. The normalized spacial score (nSPS) is 11.9. The summed E-state index contributed by atoms with van der Waals surface area (Å²) in [5, 5.41) is 12.6. The molecule has 0 bridgehead atoms. The van der Waals surface area contributed by atoms with Gasteiger partial charge in [-0.05, 0) is 42.3 Å². The average molecular weight is 441 g/mol. The van der Waals surface area contributed by atoms with Crippen molar-refractivity contribution in [3.8, 4) is 11.5 Å². The largest absolute Gasteiger partial charge is 0.497 e. The lowest BCUT2D eigenvalue weighted by Crippen LogP contribution is -2.33. The molecule has 0 saturated heterocycles. The van der Waals surface area contributed by atoms with Gasteiger partial charge in [0.15, 0.2) is 11.0 Å². The highest BCUT2D eigenvalue weighted by molar-refractivity contribution is 7.99. The summed E-state index contributed by atoms with van der Waals surface area (Å²) < 4.78 is 12.8. The molecule has 1 aromatic heterocycles. The van der Waals surface area contributed by atoms with Gasteiger partial charge in [-0.3, -0.25) is 4.79 Å². The lowest BCUT2D eigenvalue weighted by Gasteiger charge is -2.21. The number of amides is 1. The van der Waals surface area contributed by atoms with E-state index in [1.54, 1.807) is 43.1 Å². The molecule has 1 atom stereocenters. The zero-order valence-corrected chi connectivity index (χ0v) is 19.1. The van der Waals surface area contributed by atoms with Crippen LogP contribution < -0.4 is 14.8 Å². The Balaban J connectivity index is 1.62. The Labute approximate surface area is 187 Å². The molecule has 1 N–H and O–H groups in total. The standard InChI is InChI=1S/C23H28N4O3S/c1-16(2)20(24-22(28)17-10-12-18(29-4)13-11-17)21-25-26-23(27(21)3)31-15-14-30-19-8-6-5-7-9-19/h5-13,16,20H,14-15H2,1-4H3,(H,24,28). The highest BCUT2D eigenvalue weighted by Crippen LogP contribution is 2.25. The summed E-state index contributed by atoms with van der Waals surface area (Å²) in [4.78, 5) is 12.8. The summed E-state index contributed by atoms with van der Waals surface area (Å²) in [6.07, 6.45) is 0. The quantitative estimate of drug-likeness (QED) is 0.377. The van der Waals surface area contributed by atoms with Crippen molar-refractivity contribution in [2.45, 2.75) is 25.0 Å². The summed E-state index contributed by atoms with van der Waals surface area (Å²) in [6.45, 7) is 4.67. The highest BCUT2D eigenvalue weighted by atomic mass is 32.2. The van der Waals surface area contributed by atoms with E-state index in [0.717, 1.165) is 22.5 Å². The summed E-state index contributed by atoms with van der Waals surface area (Å²) in [5.74, 6) is 3.01. The van der Waals surface area contributed by atoms with Crippen molar-refractivity contribution >= 4 is 17.7 Å². The van der Waals surface area contributed by atoms with Gasteiger partial charge in [-0.1, -0.05) is 43.8 Å². The van der Waals surface area contributed by atoms with Gasteiger partial charge in [0.1, 0.15) is 11.5 Å². The van der Waals surface area contributed by atoms with Gasteiger partial charge in [0, 0.05) is 18.4 Å². The van der Waals surface area contributed by atoms with Crippen molar-refractivity contribution in [2.24, 2.45) is 13.0 Å². The second-order valence-corrected chi connectivity index (χ2v) is 8.40. The van der Waals surface area contributed by atoms with Crippen LogP contribution in [0.1, 0.15) is 36.1 Å². The zero-order valence-electron chi connectivity index (χ0n) is 18.2. The Bertz CT molecular complexity index is 974. The van der Waals surface area contributed by atoms with Gasteiger partial charge in [-0.2, -0.15) is 0 Å². The molecule has 3 aromatic rings. The third-order valence-electron chi connectivity index (χ3n) is 4.78. The number of carbonyl (C=O) groups is 1. The molecule has 0 spiro atoms. The maximum absolute atomic E-state index is 12.8. The number of hydrogen-bond acceptors (Lipinski definition) is 6. The summed E-state index contributed by atoms with van der Waals surface area (Å²) in [5.41, 5.74) is 0.571. The molecule has 3 rings (SSSR count). The lowest BCUT2D eigenvalue weighted by atomic mass is 10.0. The molecule has 0 fully saturated rings. The van der Waals surface area contributed by atoms with Crippen molar-refractivity contribution in [2.75, 3.05) is 19.5 Å². The number of rotatable bonds is 10. The molecule has 0 saturated carbocycles. The van der Waals surface area contributed by atoms with Gasteiger partial charge < -0.3 is 19.4 Å². The molecule has 0 aliphatic carbocycles. The summed E-state index contributed by atoms with van der Waals surface area (Å²) in [7, 11) is 3.52. The molecule has 7 nitrogen and oxygen atoms in total. The van der Waals surface area contributed by atoms with Crippen LogP contribution in [0.3, 0.4) is 0 Å². The Morgan fingerprint density at radius 2 is 1.77 bits per heavy atom. The minimum atomic E-state index is -0.262. The Hall–Kier alpha value is -3.00. The van der Waals surface area contributed by atoms with Crippen LogP contribution in [0.15, 0.2) is 59.8 Å². The second-order valence-electron chi connectivity index (χ2n) is 7.33. The Kier molecular flexibility index (Phi) is 7.94. The smallest absolute Gasteiger partial charge is 0.251 e. The maximum atomic E-state index is 12.8. The SMILES string of the molecule is COc1ccc(C(=O)NC(c2nnc(SCCOc3ccccc3)n2C)C(C)C)cc1. The van der Waals surface area contributed by atoms with E-state index >= 15 is 0 Å². The molecular weight excluding hydrogens is 412 g/mol. The summed E-state index contributed by atoms with van der Waals surface area (Å²) in [6, 6.07) is 16.5. The highest BCUT2D eigenvalue weighted by Gasteiger charge is 2.25. The van der Waals surface area contributed by atoms with E-state index < -0.39 is 0 Å². The van der Waals surface area contributed by atoms with Gasteiger partial charge in [0.05, 0.1) is 19.8 Å². The van der Waals surface area contributed by atoms with Crippen LogP contribution in [0.4, 0.5) is 0 Å². The fourth-order valence-electron chi connectivity index (χ4n) is 3.03. The van der Waals surface area contributed by atoms with Gasteiger partial charge in [0.2, 0.25) is 0 Å². The molecule has 0 aliphatic heterocycles. The molecule has 0 radical (unpaired) electrons. The van der Waals surface area contributed by atoms with Crippen LogP contribution in [-0.2, 0) is 7.05 Å². The topological polar surface area (TPSA) is 78.3 Å². The molecule has 8 heteroatoms. The van der Waals surface area contributed by atoms with Crippen LogP contribution in [0.2, 0.25) is 0 Å². The number of ether oxygens (including phenoxy) is 2. The van der Waals surface area contributed by atoms with Crippen molar-refractivity contribution in [3.05, 3.63) is 66.0 Å². The lowest BCUT2D eigenvalue weighted by molar-refractivity contribution is 0.0922. The second kappa shape index (κ2) is 10.9.